The molecule has 3 aromatic carbocycles. The van der Waals surface area contributed by atoms with E-state index in [-0.39, 0.29) is 52.7 Å². The molecule has 3 amide bonds. The summed E-state index contributed by atoms with van der Waals surface area (Å²) in [6, 6.07) is 21.5. The summed E-state index contributed by atoms with van der Waals surface area (Å²) in [6.07, 6.45) is 2.34. The lowest BCUT2D eigenvalue weighted by molar-refractivity contribution is -0.176. The number of phenolic OH excluding ortho intramolecular Hbond substituents is 1. The van der Waals surface area contributed by atoms with Gasteiger partial charge in [0.25, 0.3) is 0 Å². The number of carbonyl (C=O) groups is 5. The highest BCUT2D eigenvalue weighted by atomic mass is 16.6. The van der Waals surface area contributed by atoms with Crippen molar-refractivity contribution in [2.75, 3.05) is 6.54 Å². The number of fused-ring (bicyclic) bond motifs is 2. The van der Waals surface area contributed by atoms with Crippen LogP contribution < -0.4 is 21.4 Å². The highest BCUT2D eigenvalue weighted by Crippen LogP contribution is 2.42. The predicted molar refractivity (Wildman–Crippen MR) is 203 cm³/mol. The second-order valence-corrected chi connectivity index (χ2v) is 13.6. The summed E-state index contributed by atoms with van der Waals surface area (Å²) in [7, 11) is 0. The summed E-state index contributed by atoms with van der Waals surface area (Å²) >= 11 is 0. The van der Waals surface area contributed by atoms with Crippen molar-refractivity contribution in [1.82, 2.24) is 16.0 Å². The first kappa shape index (κ1) is 38.2. The average Bonchev–Trinajstić information content (AvgIpc) is 3.16. The number of ether oxygens (including phenoxy) is 1. The lowest BCUT2D eigenvalue weighted by Crippen LogP contribution is -2.61. The SMILES string of the molecule is C[C@H]1OC(=O)[C@H]1NC(=O)[C@H](CCc1ccccc1)NC(=O)CCCCCNC(=O)Cc1ccc(-c2c3ccc(=O)cc-3oc3cc(O)ccc23)c(C(=O)O)c1. The molecule has 0 saturated carbocycles. The Morgan fingerprint density at radius 3 is 2.36 bits per heavy atom. The molecule has 3 aliphatic rings. The van der Waals surface area contributed by atoms with Gasteiger partial charge in [0, 0.05) is 41.6 Å². The molecule has 2 heterocycles. The van der Waals surface area contributed by atoms with Gasteiger partial charge in [-0.05, 0) is 79.6 Å². The van der Waals surface area contributed by atoms with E-state index in [0.29, 0.717) is 66.3 Å². The molecular formula is C42H41N3O10. The van der Waals surface area contributed by atoms with Gasteiger partial charge in [0.05, 0.1) is 12.0 Å². The van der Waals surface area contributed by atoms with E-state index in [0.717, 1.165) is 5.56 Å². The van der Waals surface area contributed by atoms with Crippen LogP contribution in [-0.2, 0) is 36.8 Å². The van der Waals surface area contributed by atoms with Crippen molar-refractivity contribution in [3.05, 3.63) is 112 Å². The quantitative estimate of drug-likeness (QED) is 0.0534. The number of cyclic esters (lactones) is 1. The van der Waals surface area contributed by atoms with Crippen LogP contribution in [0.5, 0.6) is 5.75 Å². The number of hydrogen-bond acceptors (Lipinski definition) is 9. The van der Waals surface area contributed by atoms with Gasteiger partial charge in [-0.1, -0.05) is 48.9 Å². The van der Waals surface area contributed by atoms with E-state index in [9.17, 15) is 39.0 Å². The van der Waals surface area contributed by atoms with Gasteiger partial charge in [0.1, 0.15) is 29.2 Å². The zero-order valence-corrected chi connectivity index (χ0v) is 30.1. The summed E-state index contributed by atoms with van der Waals surface area (Å²) in [5.41, 5.74) is 2.83. The minimum Gasteiger partial charge on any atom is -0.508 e. The molecule has 284 valence electrons. The summed E-state index contributed by atoms with van der Waals surface area (Å²) < 4.78 is 10.8. The Kier molecular flexibility index (Phi) is 11.9. The molecule has 1 aliphatic carbocycles. The van der Waals surface area contributed by atoms with Crippen LogP contribution in [0.15, 0.2) is 94.1 Å². The Balaban J connectivity index is 1.01. The third-order valence-corrected chi connectivity index (χ3v) is 9.57. The second kappa shape index (κ2) is 17.1. The lowest BCUT2D eigenvalue weighted by atomic mass is 9.89. The molecule has 13 nitrogen and oxygen atoms in total. The zero-order valence-electron chi connectivity index (χ0n) is 30.1. The van der Waals surface area contributed by atoms with Crippen LogP contribution >= 0.6 is 0 Å². The van der Waals surface area contributed by atoms with Crippen molar-refractivity contribution in [3.63, 3.8) is 0 Å². The Morgan fingerprint density at radius 2 is 1.62 bits per heavy atom. The van der Waals surface area contributed by atoms with Crippen molar-refractivity contribution < 1.29 is 43.3 Å². The van der Waals surface area contributed by atoms with Gasteiger partial charge in [0.2, 0.25) is 17.7 Å². The van der Waals surface area contributed by atoms with Crippen molar-refractivity contribution in [3.8, 4) is 28.2 Å². The topological polar surface area (TPSA) is 201 Å². The average molecular weight is 748 g/mol. The van der Waals surface area contributed by atoms with Crippen LogP contribution in [-0.4, -0.2) is 64.6 Å². The van der Waals surface area contributed by atoms with Crippen molar-refractivity contribution >= 4 is 40.6 Å². The molecule has 0 aromatic heterocycles. The van der Waals surface area contributed by atoms with Crippen molar-refractivity contribution in [2.24, 2.45) is 0 Å². The molecule has 13 heteroatoms. The number of nitrogens with one attached hydrogen (secondary N) is 3. The maximum atomic E-state index is 13.0. The Bertz CT molecular complexity index is 2270. The minimum absolute atomic E-state index is 0.0449. The molecule has 1 fully saturated rings. The number of carboxylic acid groups (broad SMARTS) is 1. The number of aryl methyl sites for hydroxylation is 1. The fourth-order valence-corrected chi connectivity index (χ4v) is 6.67. The Hall–Kier alpha value is -6.50. The zero-order chi connectivity index (χ0) is 39.1. The fraction of sp³-hybridized carbons (Fsp3) is 0.286. The minimum atomic E-state index is -1.21. The smallest absolute Gasteiger partial charge is 0.336 e. The van der Waals surface area contributed by atoms with Crippen LogP contribution in [0.25, 0.3) is 33.4 Å². The van der Waals surface area contributed by atoms with Gasteiger partial charge < -0.3 is 35.3 Å². The van der Waals surface area contributed by atoms with Crippen LogP contribution in [0.1, 0.15) is 60.5 Å². The maximum Gasteiger partial charge on any atom is 0.336 e. The fourth-order valence-electron chi connectivity index (χ4n) is 6.67. The van der Waals surface area contributed by atoms with Gasteiger partial charge in [-0.3, -0.25) is 19.2 Å². The van der Waals surface area contributed by atoms with Gasteiger partial charge in [-0.25, -0.2) is 9.59 Å². The van der Waals surface area contributed by atoms with Crippen LogP contribution in [0, 0.1) is 0 Å². The van der Waals surface area contributed by atoms with Crippen LogP contribution in [0.2, 0.25) is 0 Å². The monoisotopic (exact) mass is 747 g/mol. The number of rotatable bonds is 16. The van der Waals surface area contributed by atoms with E-state index in [2.05, 4.69) is 16.0 Å². The van der Waals surface area contributed by atoms with Crippen LogP contribution in [0.3, 0.4) is 0 Å². The number of hydrogen-bond donors (Lipinski definition) is 5. The molecule has 0 unspecified atom stereocenters. The van der Waals surface area contributed by atoms with E-state index in [1.165, 1.54) is 30.3 Å². The molecule has 3 aromatic rings. The molecule has 0 spiro atoms. The van der Waals surface area contributed by atoms with Gasteiger partial charge in [-0.2, -0.15) is 0 Å². The van der Waals surface area contributed by atoms with E-state index in [1.807, 2.05) is 30.3 Å². The molecule has 55 heavy (non-hydrogen) atoms. The number of phenols is 1. The van der Waals surface area contributed by atoms with Gasteiger partial charge >= 0.3 is 11.9 Å². The highest BCUT2D eigenvalue weighted by molar-refractivity contribution is 6.07. The summed E-state index contributed by atoms with van der Waals surface area (Å²) in [5, 5.41) is 29.1. The predicted octanol–water partition coefficient (Wildman–Crippen LogP) is 4.74. The molecule has 0 radical (unpaired) electrons. The van der Waals surface area contributed by atoms with Crippen molar-refractivity contribution in [1.29, 1.82) is 0 Å². The third-order valence-electron chi connectivity index (χ3n) is 9.57. The molecule has 0 bridgehead atoms. The highest BCUT2D eigenvalue weighted by Gasteiger charge is 2.41. The largest absolute Gasteiger partial charge is 0.508 e. The number of benzene rings is 4. The first-order chi connectivity index (χ1) is 26.5. The summed E-state index contributed by atoms with van der Waals surface area (Å²) in [5.74, 6) is -2.56. The third kappa shape index (κ3) is 9.36. The molecular weight excluding hydrogens is 706 g/mol. The standard InChI is InChI=1S/C42H41N3O10/c1-24-39(42(53)54-24)45-40(50)33(18-12-25-8-4-2-5-9-25)44-36(48)10-6-3-7-19-43-37(49)21-26-11-15-29(32(20-26)41(51)52)38-30-16-13-27(46)22-34(30)55-35-23-28(47)14-17-31(35)38/h2,4-5,8-9,11,13-17,20,22-24,33,39,46H,3,6-7,10,12,18-19,21H2,1H3,(H,43,49)(H,44,48)(H,45,50)(H,51,52)/t24-,33+,39+/m1/s1. The number of amides is 3. The normalized spacial score (nSPS) is 15.5. The Morgan fingerprint density at radius 1 is 0.836 bits per heavy atom. The molecule has 6 rings (SSSR count). The summed E-state index contributed by atoms with van der Waals surface area (Å²) in [6.45, 7) is 2.04. The number of aromatic hydroxyl groups is 1. The number of carboxylic acids is 1. The summed E-state index contributed by atoms with van der Waals surface area (Å²) in [4.78, 5) is 75.1. The maximum absolute atomic E-state index is 13.0. The number of aromatic carboxylic acids is 1. The molecule has 5 N–H and O–H groups in total. The first-order valence-corrected chi connectivity index (χ1v) is 18.1. The number of unbranched alkanes of at least 4 members (excludes halogenated alkanes) is 2. The van der Waals surface area contributed by atoms with E-state index in [1.54, 1.807) is 31.2 Å². The molecule has 3 atom stereocenters. The number of esters is 1. The molecule has 2 aliphatic heterocycles. The van der Waals surface area contributed by atoms with E-state index < -0.39 is 36.0 Å². The van der Waals surface area contributed by atoms with Crippen LogP contribution in [0.4, 0.5) is 0 Å². The first-order valence-electron chi connectivity index (χ1n) is 18.1. The van der Waals surface area contributed by atoms with Gasteiger partial charge in [-0.15, -0.1) is 0 Å². The Labute approximate surface area is 316 Å². The molecule has 1 saturated heterocycles. The van der Waals surface area contributed by atoms with Gasteiger partial charge in [0.15, 0.2) is 11.5 Å². The van der Waals surface area contributed by atoms with Crippen molar-refractivity contribution in [2.45, 2.75) is 70.1 Å². The van der Waals surface area contributed by atoms with E-state index in [4.69, 9.17) is 9.15 Å². The van der Waals surface area contributed by atoms with E-state index >= 15 is 0 Å². The number of carbonyl (C=O) groups excluding carboxylic acids is 4. The lowest BCUT2D eigenvalue weighted by Gasteiger charge is -2.33. The second-order valence-electron chi connectivity index (χ2n) is 13.6.